The highest BCUT2D eigenvalue weighted by Crippen LogP contribution is 2.33. The van der Waals surface area contributed by atoms with E-state index in [1.54, 1.807) is 6.20 Å². The van der Waals surface area contributed by atoms with Crippen molar-refractivity contribution in [3.05, 3.63) is 84.0 Å². The first-order chi connectivity index (χ1) is 14.2. The van der Waals surface area contributed by atoms with Crippen LogP contribution in [0.4, 0.5) is 0 Å². The van der Waals surface area contributed by atoms with Crippen LogP contribution < -0.4 is 5.32 Å². The van der Waals surface area contributed by atoms with E-state index in [0.29, 0.717) is 11.4 Å². The minimum Gasteiger partial charge on any atom is -0.351 e. The quantitative estimate of drug-likeness (QED) is 0.486. The molecule has 1 unspecified atom stereocenters. The van der Waals surface area contributed by atoms with Crippen molar-refractivity contribution in [3.63, 3.8) is 0 Å². The van der Waals surface area contributed by atoms with Gasteiger partial charge in [-0.05, 0) is 12.0 Å². The molecule has 29 heavy (non-hydrogen) atoms. The van der Waals surface area contributed by atoms with E-state index in [-0.39, 0.29) is 11.8 Å². The van der Waals surface area contributed by atoms with Gasteiger partial charge in [0.2, 0.25) is 0 Å². The molecule has 4 rings (SSSR count). The molecule has 0 spiro atoms. The maximum absolute atomic E-state index is 13.0. The summed E-state index contributed by atoms with van der Waals surface area (Å²) in [5.41, 5.74) is 2.69. The number of nitrogens with zero attached hydrogens (tertiary/aromatic N) is 3. The van der Waals surface area contributed by atoms with Crippen LogP contribution in [0.2, 0.25) is 0 Å². The summed E-state index contributed by atoms with van der Waals surface area (Å²) in [6.45, 7) is 3.43. The van der Waals surface area contributed by atoms with E-state index in [1.807, 2.05) is 77.6 Å². The van der Waals surface area contributed by atoms with Crippen LogP contribution >= 0.6 is 11.3 Å². The Morgan fingerprint density at radius 1 is 1.03 bits per heavy atom. The van der Waals surface area contributed by atoms with E-state index >= 15 is 0 Å². The third kappa shape index (κ3) is 4.60. The summed E-state index contributed by atoms with van der Waals surface area (Å²) >= 11 is 1.43. The van der Waals surface area contributed by atoms with Crippen LogP contribution in [-0.4, -0.2) is 27.2 Å². The lowest BCUT2D eigenvalue weighted by molar-refractivity contribution is 0.0951. The second kappa shape index (κ2) is 8.84. The summed E-state index contributed by atoms with van der Waals surface area (Å²) < 4.78 is 1.88. The van der Waals surface area contributed by atoms with Crippen LogP contribution in [0.15, 0.2) is 79.1 Å². The first kappa shape index (κ1) is 19.1. The van der Waals surface area contributed by atoms with Crippen molar-refractivity contribution in [2.24, 2.45) is 5.92 Å². The number of hydrogen-bond acceptors (Lipinski definition) is 4. The van der Waals surface area contributed by atoms with E-state index in [2.05, 4.69) is 17.3 Å². The SMILES string of the molecule is CC(CNC(=O)c1sc(-c2ccccc2)nc1-c1ccccc1)Cn1cccn1. The van der Waals surface area contributed by atoms with E-state index in [9.17, 15) is 4.79 Å². The number of amides is 1. The summed E-state index contributed by atoms with van der Waals surface area (Å²) in [5.74, 6) is 0.177. The molecule has 0 aliphatic heterocycles. The molecule has 6 heteroatoms. The van der Waals surface area contributed by atoms with Gasteiger partial charge in [-0.2, -0.15) is 5.10 Å². The van der Waals surface area contributed by atoms with Crippen LogP contribution in [-0.2, 0) is 6.54 Å². The van der Waals surface area contributed by atoms with Gasteiger partial charge in [-0.25, -0.2) is 4.98 Å². The summed E-state index contributed by atoms with van der Waals surface area (Å²) in [6.07, 6.45) is 3.70. The molecule has 1 amide bonds. The van der Waals surface area contributed by atoms with Crippen LogP contribution in [0.1, 0.15) is 16.6 Å². The second-order valence-electron chi connectivity index (χ2n) is 6.97. The van der Waals surface area contributed by atoms with Crippen molar-refractivity contribution in [1.82, 2.24) is 20.1 Å². The number of aromatic nitrogens is 3. The van der Waals surface area contributed by atoms with Gasteiger partial charge in [-0.15, -0.1) is 11.3 Å². The van der Waals surface area contributed by atoms with Gasteiger partial charge in [0.1, 0.15) is 9.88 Å². The van der Waals surface area contributed by atoms with E-state index in [1.165, 1.54) is 11.3 Å². The minimum atomic E-state index is -0.0872. The smallest absolute Gasteiger partial charge is 0.263 e. The van der Waals surface area contributed by atoms with E-state index in [4.69, 9.17) is 4.98 Å². The predicted octanol–water partition coefficient (Wildman–Crippen LogP) is 4.74. The Balaban J connectivity index is 1.56. The standard InChI is InChI=1S/C23H22N4OS/c1-17(16-27-14-8-13-25-27)15-24-22(28)21-20(18-9-4-2-5-10-18)26-23(29-21)19-11-6-3-7-12-19/h2-14,17H,15-16H2,1H3,(H,24,28). The van der Waals surface area contributed by atoms with Gasteiger partial charge in [0, 0.05) is 36.6 Å². The Labute approximate surface area is 174 Å². The Kier molecular flexibility index (Phi) is 5.81. The zero-order valence-electron chi connectivity index (χ0n) is 16.2. The molecule has 0 aliphatic rings. The van der Waals surface area contributed by atoms with Gasteiger partial charge in [0.25, 0.3) is 5.91 Å². The van der Waals surface area contributed by atoms with Gasteiger partial charge in [0.15, 0.2) is 0 Å². The van der Waals surface area contributed by atoms with Crippen molar-refractivity contribution in [1.29, 1.82) is 0 Å². The van der Waals surface area contributed by atoms with Crippen LogP contribution in [0, 0.1) is 5.92 Å². The third-order valence-corrected chi connectivity index (χ3v) is 5.67. The van der Waals surface area contributed by atoms with Crippen molar-refractivity contribution < 1.29 is 4.79 Å². The molecule has 0 saturated heterocycles. The van der Waals surface area contributed by atoms with Gasteiger partial charge in [-0.3, -0.25) is 9.48 Å². The molecule has 0 bridgehead atoms. The van der Waals surface area contributed by atoms with Crippen LogP contribution in [0.25, 0.3) is 21.8 Å². The molecule has 4 aromatic rings. The monoisotopic (exact) mass is 402 g/mol. The molecule has 0 fully saturated rings. The fourth-order valence-corrected chi connectivity index (χ4v) is 4.12. The summed E-state index contributed by atoms with van der Waals surface area (Å²) in [7, 11) is 0. The number of carbonyl (C=O) groups is 1. The lowest BCUT2D eigenvalue weighted by Crippen LogP contribution is -2.29. The lowest BCUT2D eigenvalue weighted by Gasteiger charge is -2.12. The third-order valence-electron chi connectivity index (χ3n) is 4.57. The number of carbonyl (C=O) groups excluding carboxylic acids is 1. The Morgan fingerprint density at radius 2 is 1.72 bits per heavy atom. The average molecular weight is 403 g/mol. The van der Waals surface area contributed by atoms with Gasteiger partial charge in [-0.1, -0.05) is 67.6 Å². The molecule has 2 aromatic heterocycles. The zero-order chi connectivity index (χ0) is 20.1. The number of nitrogens with one attached hydrogen (secondary N) is 1. The van der Waals surface area contributed by atoms with Gasteiger partial charge >= 0.3 is 0 Å². The Bertz CT molecular complexity index is 1060. The highest BCUT2D eigenvalue weighted by atomic mass is 32.1. The molecule has 0 saturated carbocycles. The van der Waals surface area contributed by atoms with Crippen molar-refractivity contribution in [2.75, 3.05) is 6.54 Å². The summed E-state index contributed by atoms with van der Waals surface area (Å²) in [5, 5.41) is 8.15. The molecular weight excluding hydrogens is 380 g/mol. The second-order valence-corrected chi connectivity index (χ2v) is 7.97. The summed E-state index contributed by atoms with van der Waals surface area (Å²) in [6, 6.07) is 21.7. The fraction of sp³-hybridized carbons (Fsp3) is 0.174. The molecule has 2 aromatic carbocycles. The Hall–Kier alpha value is -3.25. The number of benzene rings is 2. The molecular formula is C23H22N4OS. The molecule has 1 N–H and O–H groups in total. The van der Waals surface area contributed by atoms with E-state index in [0.717, 1.165) is 28.4 Å². The minimum absolute atomic E-state index is 0.0872. The van der Waals surface area contributed by atoms with Crippen LogP contribution in [0.5, 0.6) is 0 Å². The normalized spacial score (nSPS) is 11.9. The topological polar surface area (TPSA) is 59.8 Å². The highest BCUT2D eigenvalue weighted by molar-refractivity contribution is 7.17. The maximum atomic E-state index is 13.0. The van der Waals surface area contributed by atoms with Crippen molar-refractivity contribution in [2.45, 2.75) is 13.5 Å². The molecule has 0 aliphatic carbocycles. The number of hydrogen-bond donors (Lipinski definition) is 1. The molecule has 1 atom stereocenters. The lowest BCUT2D eigenvalue weighted by atomic mass is 10.1. The molecule has 146 valence electrons. The molecule has 0 radical (unpaired) electrons. The fourth-order valence-electron chi connectivity index (χ4n) is 3.11. The number of rotatable bonds is 7. The maximum Gasteiger partial charge on any atom is 0.263 e. The van der Waals surface area contributed by atoms with Crippen molar-refractivity contribution in [3.8, 4) is 21.8 Å². The van der Waals surface area contributed by atoms with Crippen LogP contribution in [0.3, 0.4) is 0 Å². The molecule has 5 nitrogen and oxygen atoms in total. The summed E-state index contributed by atoms with van der Waals surface area (Å²) in [4.78, 5) is 18.5. The highest BCUT2D eigenvalue weighted by Gasteiger charge is 2.20. The number of thiazole rings is 1. The largest absolute Gasteiger partial charge is 0.351 e. The zero-order valence-corrected chi connectivity index (χ0v) is 17.0. The predicted molar refractivity (Wildman–Crippen MR) is 117 cm³/mol. The average Bonchev–Trinajstić information content (AvgIpc) is 3.43. The Morgan fingerprint density at radius 3 is 2.38 bits per heavy atom. The first-order valence-corrected chi connectivity index (χ1v) is 10.4. The van der Waals surface area contributed by atoms with E-state index < -0.39 is 0 Å². The van der Waals surface area contributed by atoms with Crippen molar-refractivity contribution >= 4 is 17.2 Å². The first-order valence-electron chi connectivity index (χ1n) is 9.58. The van der Waals surface area contributed by atoms with Gasteiger partial charge in [0.05, 0.1) is 5.69 Å². The molecule has 2 heterocycles. The van der Waals surface area contributed by atoms with Gasteiger partial charge < -0.3 is 5.32 Å².